The summed E-state index contributed by atoms with van der Waals surface area (Å²) in [6.07, 6.45) is 3.96. The molecule has 0 amide bonds. The fourth-order valence-corrected chi connectivity index (χ4v) is 1.65. The van der Waals surface area contributed by atoms with E-state index in [-0.39, 0.29) is 0 Å². The molecular weight excluding hydrogens is 216 g/mol. The Morgan fingerprint density at radius 1 is 1.53 bits per heavy atom. The van der Waals surface area contributed by atoms with Gasteiger partial charge in [0, 0.05) is 25.3 Å². The number of hydrogen-bond acceptors (Lipinski definition) is 4. The highest BCUT2D eigenvalue weighted by Crippen LogP contribution is 2.32. The zero-order chi connectivity index (χ0) is 12.1. The van der Waals surface area contributed by atoms with Gasteiger partial charge in [-0.1, -0.05) is 31.8 Å². The highest BCUT2D eigenvalue weighted by Gasteiger charge is 2.20. The summed E-state index contributed by atoms with van der Waals surface area (Å²) in [5, 5.41) is 7.30. The first-order valence-electron chi connectivity index (χ1n) is 6.49. The Bertz CT molecular complexity index is 332. The van der Waals surface area contributed by atoms with Gasteiger partial charge in [0.15, 0.2) is 5.76 Å². The second-order valence-corrected chi connectivity index (χ2v) is 5.10. The summed E-state index contributed by atoms with van der Waals surface area (Å²) in [7, 11) is 0. The predicted octanol–water partition coefficient (Wildman–Crippen LogP) is 2.49. The minimum atomic E-state index is 0.463. The topological polar surface area (TPSA) is 47.3 Å². The fraction of sp³-hybridized carbons (Fsp3) is 0.769. The molecule has 0 radical (unpaired) electrons. The van der Waals surface area contributed by atoms with E-state index in [9.17, 15) is 0 Å². The summed E-state index contributed by atoms with van der Waals surface area (Å²) in [6, 6.07) is 2.43. The van der Waals surface area contributed by atoms with E-state index in [0.717, 1.165) is 30.5 Å². The molecule has 1 heterocycles. The van der Waals surface area contributed by atoms with Crippen LogP contribution in [0.2, 0.25) is 0 Å². The van der Waals surface area contributed by atoms with Gasteiger partial charge >= 0.3 is 0 Å². The van der Waals surface area contributed by atoms with Crippen LogP contribution in [-0.4, -0.2) is 17.8 Å². The van der Waals surface area contributed by atoms with Gasteiger partial charge in [-0.25, -0.2) is 0 Å². The third kappa shape index (κ3) is 4.88. The maximum atomic E-state index is 5.56. The Balaban J connectivity index is 1.62. The Labute approximate surface area is 103 Å². The third-order valence-corrected chi connectivity index (χ3v) is 2.91. The molecule has 1 saturated carbocycles. The zero-order valence-corrected chi connectivity index (χ0v) is 10.7. The summed E-state index contributed by atoms with van der Waals surface area (Å²) in [5.74, 6) is 1.75. The van der Waals surface area contributed by atoms with Gasteiger partial charge in [0.1, 0.15) is 6.61 Å². The smallest absolute Gasteiger partial charge is 0.162 e. The standard InChI is InChI=1S/C13H22N2O2/c1-10(2)14-8-12-7-13(17-15-12)9-16-6-5-11-3-4-11/h7,10-11,14H,3-6,8-9H2,1-2H3. The van der Waals surface area contributed by atoms with Crippen LogP contribution in [-0.2, 0) is 17.9 Å². The molecule has 0 bridgehead atoms. The maximum Gasteiger partial charge on any atom is 0.162 e. The molecule has 1 aliphatic carbocycles. The van der Waals surface area contributed by atoms with Crippen molar-refractivity contribution in [1.82, 2.24) is 10.5 Å². The molecule has 2 rings (SSSR count). The van der Waals surface area contributed by atoms with Gasteiger partial charge in [-0.15, -0.1) is 0 Å². The first-order valence-corrected chi connectivity index (χ1v) is 6.49. The number of nitrogens with one attached hydrogen (secondary N) is 1. The highest BCUT2D eigenvalue weighted by atomic mass is 16.5. The molecule has 1 aliphatic rings. The molecule has 0 unspecified atom stereocenters. The molecule has 1 fully saturated rings. The van der Waals surface area contributed by atoms with Gasteiger partial charge in [0.2, 0.25) is 0 Å². The summed E-state index contributed by atoms with van der Waals surface area (Å²) in [6.45, 7) is 6.36. The first-order chi connectivity index (χ1) is 8.24. The van der Waals surface area contributed by atoms with Crippen LogP contribution >= 0.6 is 0 Å². The summed E-state index contributed by atoms with van der Waals surface area (Å²) < 4.78 is 10.8. The van der Waals surface area contributed by atoms with Crippen LogP contribution < -0.4 is 5.32 Å². The van der Waals surface area contributed by atoms with Crippen molar-refractivity contribution < 1.29 is 9.26 Å². The monoisotopic (exact) mass is 238 g/mol. The molecule has 0 aromatic carbocycles. The highest BCUT2D eigenvalue weighted by molar-refractivity contribution is 5.04. The van der Waals surface area contributed by atoms with E-state index in [0.29, 0.717) is 12.6 Å². The lowest BCUT2D eigenvalue weighted by atomic mass is 10.3. The zero-order valence-electron chi connectivity index (χ0n) is 10.7. The molecule has 1 aromatic heterocycles. The van der Waals surface area contributed by atoms with Gasteiger partial charge < -0.3 is 14.6 Å². The lowest BCUT2D eigenvalue weighted by molar-refractivity contribution is 0.0961. The third-order valence-electron chi connectivity index (χ3n) is 2.91. The number of nitrogens with zero attached hydrogens (tertiary/aromatic N) is 1. The van der Waals surface area contributed by atoms with E-state index in [1.165, 1.54) is 19.3 Å². The van der Waals surface area contributed by atoms with Crippen molar-refractivity contribution in [3.63, 3.8) is 0 Å². The summed E-state index contributed by atoms with van der Waals surface area (Å²) >= 11 is 0. The Morgan fingerprint density at radius 3 is 3.06 bits per heavy atom. The fourth-order valence-electron chi connectivity index (χ4n) is 1.65. The molecule has 4 nitrogen and oxygen atoms in total. The molecular formula is C13H22N2O2. The first kappa shape index (κ1) is 12.6. The van der Waals surface area contributed by atoms with Crippen molar-refractivity contribution in [1.29, 1.82) is 0 Å². The predicted molar refractivity (Wildman–Crippen MR) is 65.5 cm³/mol. The Hall–Kier alpha value is -0.870. The SMILES string of the molecule is CC(C)NCc1cc(COCCC2CC2)on1. The largest absolute Gasteiger partial charge is 0.373 e. The molecule has 0 atom stereocenters. The molecule has 0 saturated heterocycles. The van der Waals surface area contributed by atoms with Crippen LogP contribution in [0, 0.1) is 5.92 Å². The van der Waals surface area contributed by atoms with Gasteiger partial charge in [-0.3, -0.25) is 0 Å². The van der Waals surface area contributed by atoms with E-state index in [1.54, 1.807) is 0 Å². The van der Waals surface area contributed by atoms with E-state index in [1.807, 2.05) is 6.07 Å². The minimum absolute atomic E-state index is 0.463. The van der Waals surface area contributed by atoms with Gasteiger partial charge in [0.05, 0.1) is 5.69 Å². The molecule has 17 heavy (non-hydrogen) atoms. The average Bonchev–Trinajstić information content (AvgIpc) is 3.01. The number of hydrogen-bond donors (Lipinski definition) is 1. The minimum Gasteiger partial charge on any atom is -0.373 e. The summed E-state index contributed by atoms with van der Waals surface area (Å²) in [4.78, 5) is 0. The quantitative estimate of drug-likeness (QED) is 0.707. The van der Waals surface area contributed by atoms with E-state index in [2.05, 4.69) is 24.3 Å². The lowest BCUT2D eigenvalue weighted by Gasteiger charge is -2.03. The van der Waals surface area contributed by atoms with Crippen molar-refractivity contribution in [2.45, 2.75) is 52.3 Å². The maximum absolute atomic E-state index is 5.56. The van der Waals surface area contributed by atoms with Crippen LogP contribution in [0.5, 0.6) is 0 Å². The van der Waals surface area contributed by atoms with Crippen LogP contribution in [0.25, 0.3) is 0 Å². The van der Waals surface area contributed by atoms with Gasteiger partial charge in [-0.2, -0.15) is 0 Å². The number of aromatic nitrogens is 1. The van der Waals surface area contributed by atoms with Gasteiger partial charge in [-0.05, 0) is 12.3 Å². The molecule has 96 valence electrons. The Kier molecular flexibility index (Phi) is 4.57. The van der Waals surface area contributed by atoms with E-state index in [4.69, 9.17) is 9.26 Å². The molecule has 1 aromatic rings. The van der Waals surface area contributed by atoms with Crippen LogP contribution in [0.15, 0.2) is 10.6 Å². The number of ether oxygens (including phenoxy) is 1. The van der Waals surface area contributed by atoms with Crippen LogP contribution in [0.3, 0.4) is 0 Å². The second-order valence-electron chi connectivity index (χ2n) is 5.10. The van der Waals surface area contributed by atoms with Crippen molar-refractivity contribution >= 4 is 0 Å². The van der Waals surface area contributed by atoms with E-state index >= 15 is 0 Å². The summed E-state index contributed by atoms with van der Waals surface area (Å²) in [5.41, 5.74) is 0.944. The number of rotatable bonds is 8. The molecule has 0 aliphatic heterocycles. The molecule has 1 N–H and O–H groups in total. The second kappa shape index (κ2) is 6.17. The van der Waals surface area contributed by atoms with Crippen LogP contribution in [0.1, 0.15) is 44.6 Å². The van der Waals surface area contributed by atoms with Crippen LogP contribution in [0.4, 0.5) is 0 Å². The average molecular weight is 238 g/mol. The molecule has 0 spiro atoms. The lowest BCUT2D eigenvalue weighted by Crippen LogP contribution is -2.21. The van der Waals surface area contributed by atoms with Gasteiger partial charge in [0.25, 0.3) is 0 Å². The normalized spacial score (nSPS) is 15.7. The van der Waals surface area contributed by atoms with Crippen molar-refractivity contribution in [2.24, 2.45) is 5.92 Å². The molecule has 4 heteroatoms. The van der Waals surface area contributed by atoms with Crippen molar-refractivity contribution in [3.8, 4) is 0 Å². The van der Waals surface area contributed by atoms with Crippen molar-refractivity contribution in [3.05, 3.63) is 17.5 Å². The van der Waals surface area contributed by atoms with E-state index < -0.39 is 0 Å². The van der Waals surface area contributed by atoms with Crippen molar-refractivity contribution in [2.75, 3.05) is 6.61 Å². The Morgan fingerprint density at radius 2 is 2.35 bits per heavy atom.